The molecular formula is C56H42O12. The van der Waals surface area contributed by atoms with E-state index in [1.807, 2.05) is 0 Å². The molecule has 0 bridgehead atoms. The molecule has 12 nitrogen and oxygen atoms in total. The largest absolute Gasteiger partial charge is 0.508 e. The molecule has 12 heteroatoms. The summed E-state index contributed by atoms with van der Waals surface area (Å²) in [6.07, 6.45) is -1.58. The summed E-state index contributed by atoms with van der Waals surface area (Å²) in [6.45, 7) is 0. The molecule has 12 rings (SSSR count). The minimum absolute atomic E-state index is 0.0248. The standard InChI is InChI=1S/C56H42O12/c57-31-9-1-25(2-10-31)43-47-39(65)23-41-49(45(29-17-35(61)21-36(62)18-29)55(67-41)27-5-13-33(59)14-6-27)53(47)52-44(26-3-11-32(58)12-4-26)48-40(66)24-42-50(54(48)51(43)52)46(30-19-37(63)22-38(64)20-30)56(68-42)28-7-15-34(60)16-8-28/h1-24,43-46,51-52,55-66H/t43-,44-,45+,46+,51?,52?,55-,56-/m1/s1. The second-order valence-corrected chi connectivity index (χ2v) is 18.2. The number of ether oxygens (including phenoxy) is 2. The van der Waals surface area contributed by atoms with Crippen LogP contribution in [0.4, 0.5) is 0 Å². The normalized spacial score (nSPS) is 22.6. The molecule has 0 fully saturated rings. The van der Waals surface area contributed by atoms with Crippen molar-refractivity contribution < 1.29 is 60.5 Å². The van der Waals surface area contributed by atoms with E-state index < -0.39 is 47.7 Å². The lowest BCUT2D eigenvalue weighted by Gasteiger charge is -2.27. The van der Waals surface area contributed by atoms with Crippen molar-refractivity contribution in [1.82, 2.24) is 0 Å². The van der Waals surface area contributed by atoms with Crippen LogP contribution >= 0.6 is 0 Å². The van der Waals surface area contributed by atoms with Crippen LogP contribution in [0.15, 0.2) is 146 Å². The summed E-state index contributed by atoms with van der Waals surface area (Å²) in [5.74, 6) is -4.13. The van der Waals surface area contributed by atoms with Gasteiger partial charge in [0.25, 0.3) is 0 Å². The molecule has 338 valence electrons. The first-order chi connectivity index (χ1) is 32.8. The number of benzene rings is 8. The van der Waals surface area contributed by atoms with Gasteiger partial charge in [-0.25, -0.2) is 0 Å². The van der Waals surface area contributed by atoms with Gasteiger partial charge in [-0.2, -0.15) is 0 Å². The average Bonchev–Trinajstić information content (AvgIpc) is 4.05. The van der Waals surface area contributed by atoms with Crippen LogP contribution in [0.5, 0.6) is 69.0 Å². The topological polar surface area (TPSA) is 221 Å². The van der Waals surface area contributed by atoms with Crippen molar-refractivity contribution in [3.05, 3.63) is 212 Å². The minimum Gasteiger partial charge on any atom is -0.508 e. The second-order valence-electron chi connectivity index (χ2n) is 18.2. The first kappa shape index (κ1) is 40.8. The summed E-state index contributed by atoms with van der Waals surface area (Å²) in [4.78, 5) is 0. The molecular weight excluding hydrogens is 865 g/mol. The Morgan fingerprint density at radius 2 is 0.544 bits per heavy atom. The summed E-state index contributed by atoms with van der Waals surface area (Å²) in [7, 11) is 0. The Morgan fingerprint density at radius 3 is 0.853 bits per heavy atom. The number of hydrogen-bond acceptors (Lipinski definition) is 12. The van der Waals surface area contributed by atoms with Gasteiger partial charge >= 0.3 is 0 Å². The number of rotatable bonds is 6. The van der Waals surface area contributed by atoms with Crippen LogP contribution in [0.25, 0.3) is 0 Å². The number of hydrogen-bond donors (Lipinski definition) is 10. The van der Waals surface area contributed by atoms with Gasteiger partial charge in [0, 0.05) is 70.2 Å². The fourth-order valence-corrected chi connectivity index (χ4v) is 12.0. The highest BCUT2D eigenvalue weighted by atomic mass is 16.5. The van der Waals surface area contributed by atoms with Gasteiger partial charge in [0.1, 0.15) is 81.2 Å². The summed E-state index contributed by atoms with van der Waals surface area (Å²) in [5, 5.41) is 111. The van der Waals surface area contributed by atoms with Crippen molar-refractivity contribution >= 4 is 0 Å². The van der Waals surface area contributed by atoms with Crippen molar-refractivity contribution in [2.45, 2.75) is 47.7 Å². The number of phenolic OH excluding ortho intramolecular Hbond substituents is 10. The predicted octanol–water partition coefficient (Wildman–Crippen LogP) is 10.4. The van der Waals surface area contributed by atoms with Gasteiger partial charge in [-0.1, -0.05) is 48.5 Å². The molecule has 2 aliphatic heterocycles. The monoisotopic (exact) mass is 906 g/mol. The van der Waals surface area contributed by atoms with Gasteiger partial charge in [-0.05, 0) is 117 Å². The number of aromatic hydroxyl groups is 10. The van der Waals surface area contributed by atoms with Crippen LogP contribution < -0.4 is 9.47 Å². The molecule has 0 radical (unpaired) electrons. The van der Waals surface area contributed by atoms with Crippen LogP contribution in [0, 0.1) is 0 Å². The molecule has 8 atom stereocenters. The maximum Gasteiger partial charge on any atom is 0.135 e. The van der Waals surface area contributed by atoms with Crippen molar-refractivity contribution in [2.75, 3.05) is 0 Å². The molecule has 4 aliphatic rings. The molecule has 10 N–H and O–H groups in total. The van der Waals surface area contributed by atoms with Crippen LogP contribution in [-0.2, 0) is 0 Å². The molecule has 0 spiro atoms. The zero-order valence-electron chi connectivity index (χ0n) is 35.8. The Kier molecular flexibility index (Phi) is 8.97. The van der Waals surface area contributed by atoms with Gasteiger partial charge in [0.2, 0.25) is 0 Å². The Balaban J connectivity index is 1.19. The summed E-state index contributed by atoms with van der Waals surface area (Å²) < 4.78 is 13.8. The first-order valence-corrected chi connectivity index (χ1v) is 22.2. The Hall–Kier alpha value is -8.64. The molecule has 2 aliphatic carbocycles. The Morgan fingerprint density at radius 1 is 0.250 bits per heavy atom. The van der Waals surface area contributed by atoms with Gasteiger partial charge < -0.3 is 60.5 Å². The molecule has 8 aromatic carbocycles. The van der Waals surface area contributed by atoms with Crippen molar-refractivity contribution in [3.63, 3.8) is 0 Å². The van der Waals surface area contributed by atoms with E-state index in [-0.39, 0.29) is 57.5 Å². The van der Waals surface area contributed by atoms with Crippen LogP contribution in [-0.4, -0.2) is 51.1 Å². The van der Waals surface area contributed by atoms with E-state index >= 15 is 0 Å². The van der Waals surface area contributed by atoms with Crippen molar-refractivity contribution in [1.29, 1.82) is 0 Å². The highest BCUT2D eigenvalue weighted by Gasteiger charge is 2.59. The van der Waals surface area contributed by atoms with E-state index in [2.05, 4.69) is 0 Å². The third-order valence-corrected chi connectivity index (χ3v) is 14.4. The fourth-order valence-electron chi connectivity index (χ4n) is 12.0. The van der Waals surface area contributed by atoms with E-state index in [0.717, 1.165) is 11.1 Å². The molecule has 0 saturated carbocycles. The zero-order valence-corrected chi connectivity index (χ0v) is 35.8. The minimum atomic E-state index is -0.792. The highest BCUT2D eigenvalue weighted by Crippen LogP contribution is 2.74. The van der Waals surface area contributed by atoms with Crippen molar-refractivity contribution in [3.8, 4) is 69.0 Å². The molecule has 0 aromatic heterocycles. The molecule has 0 saturated heterocycles. The lowest BCUT2D eigenvalue weighted by Crippen LogP contribution is -2.15. The lowest BCUT2D eigenvalue weighted by atomic mass is 9.74. The lowest BCUT2D eigenvalue weighted by molar-refractivity contribution is 0.221. The molecule has 0 amide bonds. The average molecular weight is 907 g/mol. The zero-order chi connectivity index (χ0) is 46.9. The molecule has 68 heavy (non-hydrogen) atoms. The van der Waals surface area contributed by atoms with E-state index in [4.69, 9.17) is 9.47 Å². The molecule has 2 heterocycles. The van der Waals surface area contributed by atoms with E-state index in [1.54, 1.807) is 133 Å². The van der Waals surface area contributed by atoms with Crippen molar-refractivity contribution in [2.24, 2.45) is 0 Å². The van der Waals surface area contributed by atoms with E-state index in [0.29, 0.717) is 67.1 Å². The van der Waals surface area contributed by atoms with E-state index in [1.165, 1.54) is 12.1 Å². The van der Waals surface area contributed by atoms with Gasteiger partial charge in [-0.15, -0.1) is 0 Å². The maximum atomic E-state index is 12.6. The van der Waals surface area contributed by atoms with Crippen LogP contribution in [0.3, 0.4) is 0 Å². The Bertz CT molecular complexity index is 3070. The number of phenols is 10. The number of fused-ring (bicyclic) bond motifs is 9. The maximum absolute atomic E-state index is 12.6. The van der Waals surface area contributed by atoms with Crippen LogP contribution in [0.1, 0.15) is 114 Å². The fraction of sp³-hybridized carbons (Fsp3) is 0.143. The third-order valence-electron chi connectivity index (χ3n) is 14.4. The molecule has 2 unspecified atom stereocenters. The van der Waals surface area contributed by atoms with E-state index in [9.17, 15) is 51.1 Å². The summed E-state index contributed by atoms with van der Waals surface area (Å²) in [5.41, 5.74) is 7.62. The summed E-state index contributed by atoms with van der Waals surface area (Å²) in [6, 6.07) is 38.6. The predicted molar refractivity (Wildman–Crippen MR) is 248 cm³/mol. The van der Waals surface area contributed by atoms with Crippen LogP contribution in [0.2, 0.25) is 0 Å². The SMILES string of the molecule is Oc1ccc([C@@H]2c3c(O)cc4c(c3C3C2c2c(c(O)cc5c2[C@H](c2cc(O)cc(O)c2)[C@@H](c2ccc(O)cc2)O5)[C@H]3c2ccc(O)cc2)[C@H](c2cc(O)cc(O)c2)[C@@H](c2ccc(O)cc2)O4)cc1. The third kappa shape index (κ3) is 6.20. The molecule has 8 aromatic rings. The smallest absolute Gasteiger partial charge is 0.135 e. The first-order valence-electron chi connectivity index (χ1n) is 22.2. The second kappa shape index (κ2) is 14.9. The summed E-state index contributed by atoms with van der Waals surface area (Å²) >= 11 is 0. The highest BCUT2D eigenvalue weighted by molar-refractivity contribution is 5.75. The van der Waals surface area contributed by atoms with Gasteiger partial charge in [-0.3, -0.25) is 0 Å². The Labute approximate surface area is 388 Å². The quantitative estimate of drug-likeness (QED) is 0.0753. The van der Waals surface area contributed by atoms with Gasteiger partial charge in [0.05, 0.1) is 11.8 Å². The van der Waals surface area contributed by atoms with Gasteiger partial charge in [0.15, 0.2) is 0 Å².